The van der Waals surface area contributed by atoms with Crippen LogP contribution in [0.5, 0.6) is 0 Å². The number of ether oxygens (including phenoxy) is 2. The predicted octanol–water partition coefficient (Wildman–Crippen LogP) is 3.07. The maximum absolute atomic E-state index is 12.1. The number of hydrazine groups is 1. The van der Waals surface area contributed by atoms with E-state index in [1.54, 1.807) is 27.1 Å². The van der Waals surface area contributed by atoms with Crippen LogP contribution in [0.4, 0.5) is 0 Å². The molecule has 3 rings (SSSR count). The van der Waals surface area contributed by atoms with Crippen LogP contribution in [0.3, 0.4) is 0 Å². The first-order valence-corrected chi connectivity index (χ1v) is 12.0. The molecule has 0 saturated heterocycles. The fraction of sp³-hybridized carbons (Fsp3) is 0.538. The van der Waals surface area contributed by atoms with Crippen LogP contribution in [0.1, 0.15) is 56.4 Å². The molecule has 9 heteroatoms. The number of carboxylic acids is 1. The van der Waals surface area contributed by atoms with Gasteiger partial charge in [-0.1, -0.05) is 18.2 Å². The smallest absolute Gasteiger partial charge is 0.312 e. The topological polar surface area (TPSA) is 127 Å². The Morgan fingerprint density at radius 3 is 2.80 bits per heavy atom. The van der Waals surface area contributed by atoms with Crippen LogP contribution >= 0.6 is 0 Å². The van der Waals surface area contributed by atoms with Crippen molar-refractivity contribution in [2.24, 2.45) is 22.0 Å². The number of aliphatic imine (C=N–C) groups is 1. The first-order chi connectivity index (χ1) is 16.5. The first kappa shape index (κ1) is 26.7. The number of hydrogen-bond acceptors (Lipinski definition) is 8. The summed E-state index contributed by atoms with van der Waals surface area (Å²) in [6.07, 6.45) is 2.70. The standard InChI is InChI=1S/C26H39N5O4/c1-17-6-8-19(24(26(3,4)25(32)33)35-16-21(27)14-30(5)28)12-20(17)13-31-10-11-34-23-9-7-18(2)29-22(23)15-31/h6,8,12,14,24H,7,9-11,13,15-16,27-28H2,1-5H3,(H,32,33)/b21-14-. The molecular weight excluding hydrogens is 446 g/mol. The summed E-state index contributed by atoms with van der Waals surface area (Å²) in [5.74, 6) is 5.69. The minimum atomic E-state index is -1.17. The van der Waals surface area contributed by atoms with Crippen molar-refractivity contribution in [3.05, 3.63) is 58.2 Å². The van der Waals surface area contributed by atoms with Gasteiger partial charge in [-0.15, -0.1) is 0 Å². The van der Waals surface area contributed by atoms with Crippen LogP contribution in [0.15, 0.2) is 46.5 Å². The number of nitrogens with zero attached hydrogens (tertiary/aromatic N) is 3. The van der Waals surface area contributed by atoms with Crippen molar-refractivity contribution in [2.45, 2.75) is 53.2 Å². The molecule has 1 aromatic carbocycles. The molecule has 5 N–H and O–H groups in total. The second-order valence-electron chi connectivity index (χ2n) is 10.0. The summed E-state index contributed by atoms with van der Waals surface area (Å²) in [7, 11) is 1.66. The molecule has 2 aliphatic heterocycles. The Morgan fingerprint density at radius 2 is 2.11 bits per heavy atom. The summed E-state index contributed by atoms with van der Waals surface area (Å²) in [5.41, 5.74) is 10.4. The highest BCUT2D eigenvalue weighted by molar-refractivity contribution is 5.84. The molecular formula is C26H39N5O4. The molecule has 0 radical (unpaired) electrons. The number of allylic oxidation sites excluding steroid dienone is 1. The van der Waals surface area contributed by atoms with Crippen LogP contribution in [0, 0.1) is 12.3 Å². The molecule has 0 bridgehead atoms. The first-order valence-electron chi connectivity index (χ1n) is 12.0. The van der Waals surface area contributed by atoms with Crippen LogP contribution in [-0.4, -0.2) is 60.0 Å². The fourth-order valence-corrected chi connectivity index (χ4v) is 4.37. The second kappa shape index (κ2) is 11.2. The summed E-state index contributed by atoms with van der Waals surface area (Å²) in [6, 6.07) is 6.01. The zero-order valence-electron chi connectivity index (χ0n) is 21.5. The van der Waals surface area contributed by atoms with Gasteiger partial charge in [-0.25, -0.2) is 5.84 Å². The minimum Gasteiger partial charge on any atom is -0.495 e. The Balaban J connectivity index is 1.85. The van der Waals surface area contributed by atoms with E-state index in [4.69, 9.17) is 26.0 Å². The van der Waals surface area contributed by atoms with Gasteiger partial charge >= 0.3 is 5.97 Å². The molecule has 0 fully saturated rings. The lowest BCUT2D eigenvalue weighted by Crippen LogP contribution is -2.34. The van der Waals surface area contributed by atoms with E-state index in [9.17, 15) is 9.90 Å². The van der Waals surface area contributed by atoms with Crippen LogP contribution in [0.25, 0.3) is 0 Å². The lowest BCUT2D eigenvalue weighted by molar-refractivity contribution is -0.156. The number of aliphatic carboxylic acids is 1. The van der Waals surface area contributed by atoms with Gasteiger partial charge in [0.15, 0.2) is 0 Å². The Hall–Kier alpha value is -2.88. The molecule has 1 unspecified atom stereocenters. The van der Waals surface area contributed by atoms with Crippen molar-refractivity contribution in [3.63, 3.8) is 0 Å². The van der Waals surface area contributed by atoms with Crippen molar-refractivity contribution in [1.82, 2.24) is 9.91 Å². The quantitative estimate of drug-likeness (QED) is 0.360. The Bertz CT molecular complexity index is 1030. The number of hydrogen-bond donors (Lipinski definition) is 3. The van der Waals surface area contributed by atoms with E-state index in [2.05, 4.69) is 24.8 Å². The van der Waals surface area contributed by atoms with E-state index in [1.807, 2.05) is 12.1 Å². The van der Waals surface area contributed by atoms with E-state index in [-0.39, 0.29) is 6.61 Å². The third-order valence-electron chi connectivity index (χ3n) is 6.48. The molecule has 0 amide bonds. The van der Waals surface area contributed by atoms with Crippen molar-refractivity contribution in [1.29, 1.82) is 0 Å². The Kier molecular flexibility index (Phi) is 8.58. The van der Waals surface area contributed by atoms with E-state index < -0.39 is 17.5 Å². The summed E-state index contributed by atoms with van der Waals surface area (Å²) in [6.45, 7) is 10.4. The number of aryl methyl sites for hydroxylation is 1. The zero-order valence-corrected chi connectivity index (χ0v) is 21.5. The van der Waals surface area contributed by atoms with E-state index in [1.165, 1.54) is 5.01 Å². The Morgan fingerprint density at radius 1 is 1.37 bits per heavy atom. The zero-order chi connectivity index (χ0) is 25.8. The van der Waals surface area contributed by atoms with Crippen molar-refractivity contribution in [3.8, 4) is 0 Å². The van der Waals surface area contributed by atoms with Crippen molar-refractivity contribution < 1.29 is 19.4 Å². The van der Waals surface area contributed by atoms with Gasteiger partial charge in [0.25, 0.3) is 0 Å². The average molecular weight is 486 g/mol. The average Bonchev–Trinajstić information content (AvgIpc) is 2.96. The fourth-order valence-electron chi connectivity index (χ4n) is 4.37. The molecule has 0 spiro atoms. The summed E-state index contributed by atoms with van der Waals surface area (Å²) < 4.78 is 12.1. The van der Waals surface area contributed by atoms with Gasteiger partial charge in [-0.3, -0.25) is 14.7 Å². The van der Waals surface area contributed by atoms with Crippen LogP contribution in [-0.2, 0) is 20.8 Å². The van der Waals surface area contributed by atoms with Crippen LogP contribution < -0.4 is 11.6 Å². The van der Waals surface area contributed by atoms with Crippen molar-refractivity contribution in [2.75, 3.05) is 33.4 Å². The highest BCUT2D eigenvalue weighted by Gasteiger charge is 2.39. The molecule has 9 nitrogen and oxygen atoms in total. The van der Waals surface area contributed by atoms with E-state index >= 15 is 0 Å². The molecule has 2 aliphatic rings. The van der Waals surface area contributed by atoms with Gasteiger partial charge < -0.3 is 25.3 Å². The third kappa shape index (κ3) is 6.84. The van der Waals surface area contributed by atoms with E-state index in [0.29, 0.717) is 18.8 Å². The van der Waals surface area contributed by atoms with E-state index in [0.717, 1.165) is 59.8 Å². The minimum absolute atomic E-state index is 0.0594. The second-order valence-corrected chi connectivity index (χ2v) is 10.0. The van der Waals surface area contributed by atoms with Gasteiger partial charge in [0.05, 0.1) is 29.5 Å². The van der Waals surface area contributed by atoms with Gasteiger partial charge in [0.2, 0.25) is 0 Å². The molecule has 1 atom stereocenters. The van der Waals surface area contributed by atoms with Crippen molar-refractivity contribution >= 4 is 11.7 Å². The lowest BCUT2D eigenvalue weighted by Gasteiger charge is -2.32. The molecule has 35 heavy (non-hydrogen) atoms. The predicted molar refractivity (Wildman–Crippen MR) is 136 cm³/mol. The maximum atomic E-state index is 12.1. The molecule has 0 aromatic heterocycles. The highest BCUT2D eigenvalue weighted by Crippen LogP contribution is 2.38. The highest BCUT2D eigenvalue weighted by atomic mass is 16.5. The molecule has 0 saturated carbocycles. The molecule has 2 heterocycles. The number of carboxylic acid groups (broad SMARTS) is 1. The maximum Gasteiger partial charge on any atom is 0.312 e. The summed E-state index contributed by atoms with van der Waals surface area (Å²) >= 11 is 0. The summed E-state index contributed by atoms with van der Waals surface area (Å²) in [5, 5.41) is 11.3. The number of benzene rings is 1. The van der Waals surface area contributed by atoms with Gasteiger partial charge in [0.1, 0.15) is 12.4 Å². The monoisotopic (exact) mass is 485 g/mol. The van der Waals surface area contributed by atoms with Gasteiger partial charge in [-0.2, -0.15) is 0 Å². The molecule has 0 aliphatic carbocycles. The van der Waals surface area contributed by atoms with Gasteiger partial charge in [0, 0.05) is 45.0 Å². The Labute approximate surface area is 208 Å². The molecule has 192 valence electrons. The normalized spacial score (nSPS) is 18.3. The largest absolute Gasteiger partial charge is 0.495 e. The number of carbonyl (C=O) groups is 1. The van der Waals surface area contributed by atoms with Gasteiger partial charge in [-0.05, 0) is 50.8 Å². The number of nitrogens with two attached hydrogens (primary N) is 2. The number of rotatable bonds is 9. The van der Waals surface area contributed by atoms with Crippen LogP contribution in [0.2, 0.25) is 0 Å². The third-order valence-corrected chi connectivity index (χ3v) is 6.48. The lowest BCUT2D eigenvalue weighted by atomic mass is 9.81. The molecule has 1 aromatic rings. The summed E-state index contributed by atoms with van der Waals surface area (Å²) in [4.78, 5) is 19.2. The SMILES string of the molecule is CC1=NC2=C(CC1)OCCN(Cc1cc(C(OC/C(N)=C/N(C)N)C(C)(C)C(=O)O)ccc1C)C2.